The van der Waals surface area contributed by atoms with Crippen LogP contribution in [0.2, 0.25) is 0 Å². The summed E-state index contributed by atoms with van der Waals surface area (Å²) in [4.78, 5) is 0. The van der Waals surface area contributed by atoms with E-state index in [4.69, 9.17) is 0 Å². The maximum atomic E-state index is 4.19. The Balaban J connectivity index is 1.72. The highest BCUT2D eigenvalue weighted by Gasteiger charge is 2.57. The van der Waals surface area contributed by atoms with Crippen molar-refractivity contribution in [2.24, 2.45) is 34.5 Å². The first-order valence-corrected chi connectivity index (χ1v) is 9.40. The summed E-state index contributed by atoms with van der Waals surface area (Å²) in [6.07, 6.45) is 18.0. The van der Waals surface area contributed by atoms with E-state index in [0.29, 0.717) is 10.8 Å². The van der Waals surface area contributed by atoms with Crippen molar-refractivity contribution in [2.45, 2.75) is 71.6 Å². The Labute approximate surface area is 131 Å². The van der Waals surface area contributed by atoms with E-state index in [1.807, 2.05) is 5.57 Å². The van der Waals surface area contributed by atoms with Crippen LogP contribution in [-0.4, -0.2) is 0 Å². The summed E-state index contributed by atoms with van der Waals surface area (Å²) in [7, 11) is 0. The molecule has 0 saturated heterocycles. The van der Waals surface area contributed by atoms with Gasteiger partial charge in [0.05, 0.1) is 0 Å². The second-order valence-electron chi connectivity index (χ2n) is 9.02. The Morgan fingerprint density at radius 2 is 1.95 bits per heavy atom. The van der Waals surface area contributed by atoms with Crippen molar-refractivity contribution in [1.29, 1.82) is 0 Å². The van der Waals surface area contributed by atoms with Crippen LogP contribution in [0.4, 0.5) is 0 Å². The van der Waals surface area contributed by atoms with Gasteiger partial charge in [0, 0.05) is 0 Å². The van der Waals surface area contributed by atoms with E-state index < -0.39 is 0 Å². The lowest BCUT2D eigenvalue weighted by atomic mass is 9.47. The molecule has 0 unspecified atom stereocenters. The maximum Gasteiger partial charge on any atom is -0.00853 e. The maximum absolute atomic E-state index is 4.19. The van der Waals surface area contributed by atoms with Gasteiger partial charge in [0.2, 0.25) is 0 Å². The van der Waals surface area contributed by atoms with Gasteiger partial charge >= 0.3 is 0 Å². The number of hydrogen-bond acceptors (Lipinski definition) is 0. The molecule has 0 amide bonds. The van der Waals surface area contributed by atoms with Crippen molar-refractivity contribution in [3.05, 3.63) is 24.3 Å². The number of fused-ring (bicyclic) bond motifs is 5. The third-order valence-corrected chi connectivity index (χ3v) is 8.20. The standard InChI is InChI=1S/C21H32/c1-4-15-10-13-20(2)14-11-18-17(19(15)20)9-8-16-7-5-6-12-21(16,18)3/h4,8,15,17-19H,1,5-7,9-14H2,2-3H3/t15-,17+,18-,19-,20-,21-/m0/s1. The minimum atomic E-state index is 0.552. The molecular formula is C21H32. The van der Waals surface area contributed by atoms with E-state index in [1.54, 1.807) is 0 Å². The highest BCUT2D eigenvalue weighted by molar-refractivity contribution is 5.24. The molecular weight excluding hydrogens is 252 g/mol. The van der Waals surface area contributed by atoms with Crippen molar-refractivity contribution in [3.63, 3.8) is 0 Å². The molecule has 0 heterocycles. The Morgan fingerprint density at radius 3 is 2.76 bits per heavy atom. The average Bonchev–Trinajstić information content (AvgIpc) is 2.83. The van der Waals surface area contributed by atoms with E-state index in [1.165, 1.54) is 57.8 Å². The molecule has 0 N–H and O–H groups in total. The molecule has 0 bridgehead atoms. The van der Waals surface area contributed by atoms with Crippen LogP contribution in [0.3, 0.4) is 0 Å². The van der Waals surface area contributed by atoms with Crippen LogP contribution in [0.15, 0.2) is 24.3 Å². The smallest absolute Gasteiger partial charge is 0.00853 e. The van der Waals surface area contributed by atoms with Crippen LogP contribution < -0.4 is 0 Å². The highest BCUT2D eigenvalue weighted by Crippen LogP contribution is 2.66. The molecule has 0 heteroatoms. The predicted octanol–water partition coefficient (Wildman–Crippen LogP) is 6.14. The third-order valence-electron chi connectivity index (χ3n) is 8.20. The largest absolute Gasteiger partial charge is 0.103 e. The summed E-state index contributed by atoms with van der Waals surface area (Å²) in [5, 5.41) is 0. The lowest BCUT2D eigenvalue weighted by molar-refractivity contribution is -0.0342. The van der Waals surface area contributed by atoms with Gasteiger partial charge in [-0.05, 0) is 85.9 Å². The fraction of sp³-hybridized carbons (Fsp3) is 0.810. The summed E-state index contributed by atoms with van der Waals surface area (Å²) in [6, 6.07) is 0. The summed E-state index contributed by atoms with van der Waals surface area (Å²) >= 11 is 0. The quantitative estimate of drug-likeness (QED) is 0.507. The van der Waals surface area contributed by atoms with Gasteiger partial charge in [0.1, 0.15) is 0 Å². The van der Waals surface area contributed by atoms with Crippen LogP contribution in [0.1, 0.15) is 71.6 Å². The molecule has 4 rings (SSSR count). The van der Waals surface area contributed by atoms with Gasteiger partial charge in [-0.25, -0.2) is 0 Å². The first-order valence-electron chi connectivity index (χ1n) is 9.40. The molecule has 0 aliphatic heterocycles. The molecule has 3 fully saturated rings. The zero-order chi connectivity index (χ0) is 14.7. The lowest BCUT2D eigenvalue weighted by Crippen LogP contribution is -2.49. The second kappa shape index (κ2) is 4.74. The zero-order valence-corrected chi connectivity index (χ0v) is 14.0. The van der Waals surface area contributed by atoms with E-state index in [2.05, 4.69) is 32.6 Å². The summed E-state index contributed by atoms with van der Waals surface area (Å²) in [5.41, 5.74) is 3.01. The number of rotatable bonds is 1. The minimum absolute atomic E-state index is 0.552. The van der Waals surface area contributed by atoms with E-state index in [0.717, 1.165) is 23.7 Å². The Bertz CT molecular complexity index is 472. The summed E-state index contributed by atoms with van der Waals surface area (Å²) in [5.74, 6) is 3.63. The summed E-state index contributed by atoms with van der Waals surface area (Å²) in [6.45, 7) is 9.40. The number of hydrogen-bond donors (Lipinski definition) is 0. The van der Waals surface area contributed by atoms with Gasteiger partial charge in [-0.1, -0.05) is 38.0 Å². The van der Waals surface area contributed by atoms with Gasteiger partial charge in [0.25, 0.3) is 0 Å². The van der Waals surface area contributed by atoms with Crippen molar-refractivity contribution in [3.8, 4) is 0 Å². The molecule has 4 aliphatic carbocycles. The fourth-order valence-corrected chi connectivity index (χ4v) is 7.09. The number of allylic oxidation sites excluding steroid dienone is 3. The van der Waals surface area contributed by atoms with Gasteiger partial charge in [-0.15, -0.1) is 6.58 Å². The van der Waals surface area contributed by atoms with E-state index in [-0.39, 0.29) is 0 Å². The summed E-state index contributed by atoms with van der Waals surface area (Å²) < 4.78 is 0. The monoisotopic (exact) mass is 284 g/mol. The SMILES string of the molecule is C=C[C@H]1CC[C@@]2(C)CC[C@H]3[C@@H](CC=C4CCCC[C@@]43C)[C@H]12. The second-order valence-corrected chi connectivity index (χ2v) is 9.02. The molecule has 3 saturated carbocycles. The molecule has 6 atom stereocenters. The van der Waals surface area contributed by atoms with E-state index >= 15 is 0 Å². The first-order chi connectivity index (χ1) is 10.1. The molecule has 0 aromatic carbocycles. The molecule has 21 heavy (non-hydrogen) atoms. The topological polar surface area (TPSA) is 0 Å². The molecule has 0 aromatic rings. The molecule has 0 radical (unpaired) electrons. The molecule has 4 aliphatic rings. The lowest BCUT2D eigenvalue weighted by Gasteiger charge is -2.57. The predicted molar refractivity (Wildman–Crippen MR) is 90.0 cm³/mol. The van der Waals surface area contributed by atoms with Crippen molar-refractivity contribution < 1.29 is 0 Å². The Hall–Kier alpha value is -0.520. The third kappa shape index (κ3) is 1.87. The Kier molecular flexibility index (Phi) is 3.18. The molecule has 0 nitrogen and oxygen atoms in total. The fourth-order valence-electron chi connectivity index (χ4n) is 7.09. The van der Waals surface area contributed by atoms with Crippen LogP contribution in [0.25, 0.3) is 0 Å². The van der Waals surface area contributed by atoms with Gasteiger partial charge in [0.15, 0.2) is 0 Å². The molecule has 0 aromatic heterocycles. The molecule has 0 spiro atoms. The Morgan fingerprint density at radius 1 is 1.14 bits per heavy atom. The van der Waals surface area contributed by atoms with Crippen LogP contribution >= 0.6 is 0 Å². The average molecular weight is 284 g/mol. The van der Waals surface area contributed by atoms with Crippen LogP contribution in [0, 0.1) is 34.5 Å². The van der Waals surface area contributed by atoms with Gasteiger partial charge in [-0.3, -0.25) is 0 Å². The normalized spacial score (nSPS) is 52.4. The minimum Gasteiger partial charge on any atom is -0.103 e. The van der Waals surface area contributed by atoms with Crippen LogP contribution in [-0.2, 0) is 0 Å². The van der Waals surface area contributed by atoms with Gasteiger partial charge in [-0.2, -0.15) is 0 Å². The van der Waals surface area contributed by atoms with Crippen molar-refractivity contribution in [2.75, 3.05) is 0 Å². The first kappa shape index (κ1) is 14.1. The molecule has 116 valence electrons. The van der Waals surface area contributed by atoms with E-state index in [9.17, 15) is 0 Å². The van der Waals surface area contributed by atoms with Crippen LogP contribution in [0.5, 0.6) is 0 Å². The highest BCUT2D eigenvalue weighted by atomic mass is 14.6. The zero-order valence-electron chi connectivity index (χ0n) is 14.0. The van der Waals surface area contributed by atoms with Crippen molar-refractivity contribution in [1.82, 2.24) is 0 Å². The van der Waals surface area contributed by atoms with Gasteiger partial charge < -0.3 is 0 Å². The van der Waals surface area contributed by atoms with Crippen molar-refractivity contribution >= 4 is 0 Å².